The molecule has 0 radical (unpaired) electrons. The van der Waals surface area contributed by atoms with Crippen molar-refractivity contribution in [3.63, 3.8) is 0 Å². The fourth-order valence-corrected chi connectivity index (χ4v) is 2.38. The first kappa shape index (κ1) is 16.0. The lowest BCUT2D eigenvalue weighted by Gasteiger charge is -2.11. The second kappa shape index (κ2) is 6.72. The molecule has 0 amide bonds. The fraction of sp³-hybridized carbons (Fsp3) is 0.0526. The molecule has 0 saturated heterocycles. The van der Waals surface area contributed by atoms with Gasteiger partial charge < -0.3 is 9.84 Å². The Bertz CT molecular complexity index is 891. The van der Waals surface area contributed by atoms with Gasteiger partial charge in [-0.3, -0.25) is 4.98 Å². The maximum absolute atomic E-state index is 11.4. The van der Waals surface area contributed by atoms with Crippen LogP contribution in [0.2, 0.25) is 5.02 Å². The van der Waals surface area contributed by atoms with Gasteiger partial charge in [-0.2, -0.15) is 0 Å². The van der Waals surface area contributed by atoms with Gasteiger partial charge in [0.25, 0.3) is 0 Å². The number of pyridine rings is 1. The molecule has 4 nitrogen and oxygen atoms in total. The molecule has 24 heavy (non-hydrogen) atoms. The van der Waals surface area contributed by atoms with Crippen LogP contribution < -0.4 is 4.74 Å². The molecule has 3 aromatic rings. The van der Waals surface area contributed by atoms with Gasteiger partial charge in [-0.15, -0.1) is 0 Å². The molecule has 1 aromatic heterocycles. The third kappa shape index (κ3) is 3.39. The quantitative estimate of drug-likeness (QED) is 0.709. The van der Waals surface area contributed by atoms with Crippen LogP contribution in [0.25, 0.3) is 11.3 Å². The lowest BCUT2D eigenvalue weighted by Crippen LogP contribution is -2.02. The van der Waals surface area contributed by atoms with Crippen LogP contribution >= 0.6 is 11.6 Å². The molecule has 120 valence electrons. The lowest BCUT2D eigenvalue weighted by molar-refractivity contribution is 0.0693. The van der Waals surface area contributed by atoms with Crippen molar-refractivity contribution >= 4 is 17.6 Å². The van der Waals surface area contributed by atoms with Crippen LogP contribution in [0.5, 0.6) is 11.5 Å². The number of para-hydroxylation sites is 1. The Kier molecular flexibility index (Phi) is 4.49. The summed E-state index contributed by atoms with van der Waals surface area (Å²) in [5.74, 6) is -0.524. The first-order valence-corrected chi connectivity index (χ1v) is 7.65. The Hall–Kier alpha value is -2.85. The molecule has 3 rings (SSSR count). The van der Waals surface area contributed by atoms with E-state index in [4.69, 9.17) is 16.3 Å². The van der Waals surface area contributed by atoms with Crippen LogP contribution in [-0.4, -0.2) is 16.1 Å². The summed E-state index contributed by atoms with van der Waals surface area (Å²) in [6.45, 7) is 2.00. The van der Waals surface area contributed by atoms with E-state index in [9.17, 15) is 9.90 Å². The second-order valence-electron chi connectivity index (χ2n) is 5.27. The number of aromatic nitrogens is 1. The molecular formula is C19H14ClNO3. The van der Waals surface area contributed by atoms with Gasteiger partial charge in [-0.05, 0) is 19.1 Å². The second-order valence-corrected chi connectivity index (χ2v) is 5.68. The molecule has 0 bridgehead atoms. The molecule has 0 fully saturated rings. The largest absolute Gasteiger partial charge is 0.477 e. The van der Waals surface area contributed by atoms with E-state index in [0.717, 1.165) is 11.1 Å². The number of aromatic carboxylic acids is 1. The molecule has 0 saturated carbocycles. The van der Waals surface area contributed by atoms with E-state index in [1.165, 1.54) is 6.20 Å². The zero-order chi connectivity index (χ0) is 17.1. The predicted octanol–water partition coefficient (Wildman–Crippen LogP) is 5.20. The predicted molar refractivity (Wildman–Crippen MR) is 92.9 cm³/mol. The van der Waals surface area contributed by atoms with Crippen molar-refractivity contribution in [1.29, 1.82) is 0 Å². The van der Waals surface area contributed by atoms with Crippen LogP contribution in [0.3, 0.4) is 0 Å². The highest BCUT2D eigenvalue weighted by Gasteiger charge is 2.16. The van der Waals surface area contributed by atoms with Crippen molar-refractivity contribution < 1.29 is 14.6 Å². The molecule has 0 atom stereocenters. The highest BCUT2D eigenvalue weighted by Crippen LogP contribution is 2.33. The summed E-state index contributed by atoms with van der Waals surface area (Å²) in [7, 11) is 0. The summed E-state index contributed by atoms with van der Waals surface area (Å²) in [5.41, 5.74) is 2.61. The van der Waals surface area contributed by atoms with Crippen molar-refractivity contribution in [1.82, 2.24) is 4.98 Å². The van der Waals surface area contributed by atoms with Crippen molar-refractivity contribution in [3.8, 4) is 22.8 Å². The van der Waals surface area contributed by atoms with E-state index in [1.807, 2.05) is 31.2 Å². The third-order valence-corrected chi connectivity index (χ3v) is 3.81. The lowest BCUT2D eigenvalue weighted by atomic mass is 10.1. The number of halogens is 1. The molecule has 0 aliphatic rings. The third-order valence-electron chi connectivity index (χ3n) is 3.50. The molecule has 1 N–H and O–H groups in total. The van der Waals surface area contributed by atoms with E-state index in [2.05, 4.69) is 4.98 Å². The van der Waals surface area contributed by atoms with Crippen LogP contribution in [0.15, 0.2) is 60.8 Å². The minimum atomic E-state index is -1.11. The van der Waals surface area contributed by atoms with Gasteiger partial charge in [0, 0.05) is 17.8 Å². The molecular weight excluding hydrogens is 326 g/mol. The van der Waals surface area contributed by atoms with Gasteiger partial charge in [0.1, 0.15) is 17.1 Å². The van der Waals surface area contributed by atoms with Gasteiger partial charge >= 0.3 is 5.97 Å². The van der Waals surface area contributed by atoms with Crippen molar-refractivity contribution in [3.05, 3.63) is 76.9 Å². The monoisotopic (exact) mass is 339 g/mol. The molecule has 0 aliphatic heterocycles. The fourth-order valence-electron chi connectivity index (χ4n) is 2.21. The maximum atomic E-state index is 11.4. The van der Waals surface area contributed by atoms with Crippen molar-refractivity contribution in [2.75, 3.05) is 0 Å². The molecule has 2 aromatic carbocycles. The number of ether oxygens (including phenoxy) is 1. The van der Waals surface area contributed by atoms with Gasteiger partial charge in [0.2, 0.25) is 0 Å². The van der Waals surface area contributed by atoms with Gasteiger partial charge in [-0.25, -0.2) is 4.79 Å². The summed E-state index contributed by atoms with van der Waals surface area (Å²) in [4.78, 5) is 15.7. The summed E-state index contributed by atoms with van der Waals surface area (Å²) < 4.78 is 5.73. The minimum absolute atomic E-state index is 0.0224. The van der Waals surface area contributed by atoms with E-state index in [-0.39, 0.29) is 11.3 Å². The van der Waals surface area contributed by atoms with Crippen molar-refractivity contribution in [2.45, 2.75) is 6.92 Å². The summed E-state index contributed by atoms with van der Waals surface area (Å²) >= 11 is 6.09. The first-order chi connectivity index (χ1) is 11.5. The zero-order valence-electron chi connectivity index (χ0n) is 12.9. The highest BCUT2D eigenvalue weighted by atomic mass is 35.5. The molecule has 0 aliphatic carbocycles. The summed E-state index contributed by atoms with van der Waals surface area (Å²) in [6, 6.07) is 16.3. The number of nitrogens with zero attached hydrogens (tertiary/aromatic N) is 1. The molecule has 0 spiro atoms. The van der Waals surface area contributed by atoms with Crippen LogP contribution in [0.4, 0.5) is 0 Å². The normalized spacial score (nSPS) is 10.4. The van der Waals surface area contributed by atoms with Crippen LogP contribution in [0, 0.1) is 6.92 Å². The van der Waals surface area contributed by atoms with Crippen LogP contribution in [-0.2, 0) is 0 Å². The number of aryl methyl sites for hydroxylation is 1. The standard InChI is InChI=1S/C19H14ClNO3/c1-12-6-8-13(9-7-12)16-10-18(14(11-21-16)19(22)23)24-17-5-3-2-4-15(17)20/h2-11H,1H3,(H,22,23). The maximum Gasteiger partial charge on any atom is 0.341 e. The SMILES string of the molecule is Cc1ccc(-c2cc(Oc3ccccc3Cl)c(C(=O)O)cn2)cc1. The number of benzene rings is 2. The van der Waals surface area contributed by atoms with Crippen LogP contribution in [0.1, 0.15) is 15.9 Å². The number of hydrogen-bond donors (Lipinski definition) is 1. The minimum Gasteiger partial charge on any atom is -0.477 e. The number of rotatable bonds is 4. The average molecular weight is 340 g/mol. The van der Waals surface area contributed by atoms with Gasteiger partial charge in [0.15, 0.2) is 0 Å². The summed E-state index contributed by atoms with van der Waals surface area (Å²) in [6.07, 6.45) is 1.30. The highest BCUT2D eigenvalue weighted by molar-refractivity contribution is 6.32. The van der Waals surface area contributed by atoms with Gasteiger partial charge in [0.05, 0.1) is 10.7 Å². The van der Waals surface area contributed by atoms with E-state index in [1.54, 1.807) is 30.3 Å². The number of carboxylic acids is 1. The number of carboxylic acid groups (broad SMARTS) is 1. The van der Waals surface area contributed by atoms with E-state index in [0.29, 0.717) is 16.5 Å². The van der Waals surface area contributed by atoms with Crippen molar-refractivity contribution in [2.24, 2.45) is 0 Å². The Labute approximate surface area is 144 Å². The molecule has 0 unspecified atom stereocenters. The Morgan fingerprint density at radius 2 is 1.79 bits per heavy atom. The number of carbonyl (C=O) groups is 1. The zero-order valence-corrected chi connectivity index (χ0v) is 13.6. The topological polar surface area (TPSA) is 59.4 Å². The van der Waals surface area contributed by atoms with E-state index >= 15 is 0 Å². The Morgan fingerprint density at radius 3 is 2.46 bits per heavy atom. The molecule has 1 heterocycles. The Balaban J connectivity index is 2.05. The average Bonchev–Trinajstić information content (AvgIpc) is 2.57. The smallest absolute Gasteiger partial charge is 0.341 e. The Morgan fingerprint density at radius 1 is 1.08 bits per heavy atom. The summed E-state index contributed by atoms with van der Waals surface area (Å²) in [5, 5.41) is 9.76. The van der Waals surface area contributed by atoms with Gasteiger partial charge in [-0.1, -0.05) is 53.6 Å². The van der Waals surface area contributed by atoms with E-state index < -0.39 is 5.97 Å². The first-order valence-electron chi connectivity index (χ1n) is 7.27. The molecule has 5 heteroatoms. The number of hydrogen-bond acceptors (Lipinski definition) is 3.